The van der Waals surface area contributed by atoms with Crippen LogP contribution in [0.1, 0.15) is 30.1 Å². The van der Waals surface area contributed by atoms with Gasteiger partial charge in [-0.1, -0.05) is 11.6 Å². The van der Waals surface area contributed by atoms with Gasteiger partial charge in [0, 0.05) is 18.0 Å². The normalized spacial score (nSPS) is 13.8. The first-order valence-corrected chi connectivity index (χ1v) is 11.1. The zero-order chi connectivity index (χ0) is 24.2. The van der Waals surface area contributed by atoms with Crippen molar-refractivity contribution in [3.05, 3.63) is 63.6 Å². The Morgan fingerprint density at radius 2 is 2.12 bits per heavy atom. The van der Waals surface area contributed by atoms with Gasteiger partial charge in [-0.15, -0.1) is 0 Å². The molecule has 1 aliphatic carbocycles. The summed E-state index contributed by atoms with van der Waals surface area (Å²) < 4.78 is 12.2. The van der Waals surface area contributed by atoms with Crippen molar-refractivity contribution in [3.63, 3.8) is 0 Å². The minimum Gasteiger partial charge on any atom is -0.481 e. The van der Waals surface area contributed by atoms with Crippen molar-refractivity contribution in [2.24, 2.45) is 5.92 Å². The minimum absolute atomic E-state index is 0.0126. The first-order valence-electron chi connectivity index (χ1n) is 10.8. The SMILES string of the molecule is COc1nc(C)c(Nc2nc(Cl)cn([C@@H](COC(=O)Nc3cccnc3)C3CC3)c2=O)cc1C. The summed E-state index contributed by atoms with van der Waals surface area (Å²) in [5.74, 6) is 0.768. The Morgan fingerprint density at radius 1 is 1.32 bits per heavy atom. The van der Waals surface area contributed by atoms with E-state index < -0.39 is 6.09 Å². The van der Waals surface area contributed by atoms with Crippen molar-refractivity contribution in [2.75, 3.05) is 24.4 Å². The molecule has 10 nitrogen and oxygen atoms in total. The molecule has 1 atom stereocenters. The van der Waals surface area contributed by atoms with E-state index in [4.69, 9.17) is 21.1 Å². The Labute approximate surface area is 201 Å². The molecule has 34 heavy (non-hydrogen) atoms. The quantitative estimate of drug-likeness (QED) is 0.486. The van der Waals surface area contributed by atoms with E-state index in [1.807, 2.05) is 13.0 Å². The molecule has 0 aliphatic heterocycles. The highest BCUT2D eigenvalue weighted by Gasteiger charge is 2.35. The van der Waals surface area contributed by atoms with Crippen LogP contribution in [0.4, 0.5) is 22.0 Å². The zero-order valence-electron chi connectivity index (χ0n) is 19.0. The summed E-state index contributed by atoms with van der Waals surface area (Å²) in [5.41, 5.74) is 2.22. The molecule has 178 valence electrons. The van der Waals surface area contributed by atoms with Crippen LogP contribution in [0.3, 0.4) is 0 Å². The number of nitrogens with zero attached hydrogens (tertiary/aromatic N) is 4. The molecule has 0 saturated heterocycles. The van der Waals surface area contributed by atoms with E-state index in [-0.39, 0.29) is 35.1 Å². The van der Waals surface area contributed by atoms with Crippen molar-refractivity contribution < 1.29 is 14.3 Å². The van der Waals surface area contributed by atoms with Gasteiger partial charge in [-0.05, 0) is 50.8 Å². The van der Waals surface area contributed by atoms with Crippen LogP contribution in [0.2, 0.25) is 5.15 Å². The summed E-state index contributed by atoms with van der Waals surface area (Å²) in [5, 5.41) is 5.81. The number of carbonyl (C=O) groups is 1. The molecule has 2 N–H and O–H groups in total. The number of methoxy groups -OCH3 is 1. The van der Waals surface area contributed by atoms with E-state index in [2.05, 4.69) is 25.6 Å². The molecule has 0 aromatic carbocycles. The largest absolute Gasteiger partial charge is 0.481 e. The summed E-state index contributed by atoms with van der Waals surface area (Å²) in [6.45, 7) is 3.67. The Bertz CT molecular complexity index is 1250. The molecular weight excluding hydrogens is 460 g/mol. The van der Waals surface area contributed by atoms with Crippen LogP contribution in [0, 0.1) is 19.8 Å². The topological polar surface area (TPSA) is 120 Å². The van der Waals surface area contributed by atoms with E-state index in [0.717, 1.165) is 18.4 Å². The number of aryl methyl sites for hydroxylation is 2. The predicted octanol–water partition coefficient (Wildman–Crippen LogP) is 4.26. The lowest BCUT2D eigenvalue weighted by Crippen LogP contribution is -2.32. The van der Waals surface area contributed by atoms with Gasteiger partial charge in [-0.3, -0.25) is 15.1 Å². The lowest BCUT2D eigenvalue weighted by atomic mass is 10.2. The number of halogens is 1. The summed E-state index contributed by atoms with van der Waals surface area (Å²) in [6.07, 6.45) is 5.83. The van der Waals surface area contributed by atoms with Crippen LogP contribution in [0.25, 0.3) is 0 Å². The third-order valence-electron chi connectivity index (χ3n) is 5.52. The maximum absolute atomic E-state index is 13.3. The van der Waals surface area contributed by atoms with Gasteiger partial charge < -0.3 is 19.4 Å². The monoisotopic (exact) mass is 484 g/mol. The molecule has 3 aromatic rings. The first-order chi connectivity index (χ1) is 16.4. The third-order valence-corrected chi connectivity index (χ3v) is 5.70. The van der Waals surface area contributed by atoms with Crippen LogP contribution in [-0.2, 0) is 4.74 Å². The summed E-state index contributed by atoms with van der Waals surface area (Å²) in [6, 6.07) is 4.87. The van der Waals surface area contributed by atoms with Gasteiger partial charge >= 0.3 is 6.09 Å². The molecule has 1 aliphatic rings. The third kappa shape index (κ3) is 5.45. The van der Waals surface area contributed by atoms with E-state index in [9.17, 15) is 9.59 Å². The predicted molar refractivity (Wildman–Crippen MR) is 128 cm³/mol. The Balaban J connectivity index is 1.55. The van der Waals surface area contributed by atoms with Gasteiger partial charge in [-0.25, -0.2) is 14.8 Å². The molecule has 3 heterocycles. The van der Waals surface area contributed by atoms with E-state index in [1.165, 1.54) is 17.0 Å². The highest BCUT2D eigenvalue weighted by molar-refractivity contribution is 6.29. The fourth-order valence-corrected chi connectivity index (χ4v) is 3.82. The molecular formula is C23H25ClN6O4. The fraction of sp³-hybridized carbons (Fsp3) is 0.348. The number of pyridine rings is 2. The lowest BCUT2D eigenvalue weighted by molar-refractivity contribution is 0.135. The van der Waals surface area contributed by atoms with Gasteiger partial charge in [0.1, 0.15) is 11.8 Å². The molecule has 0 spiro atoms. The number of ether oxygens (including phenoxy) is 2. The van der Waals surface area contributed by atoms with Gasteiger partial charge in [0.25, 0.3) is 5.56 Å². The van der Waals surface area contributed by atoms with E-state index >= 15 is 0 Å². The van der Waals surface area contributed by atoms with Crippen LogP contribution in [0.15, 0.2) is 41.6 Å². The molecule has 3 aromatic heterocycles. The number of hydrogen-bond acceptors (Lipinski definition) is 8. The van der Waals surface area contributed by atoms with Crippen molar-refractivity contribution in [3.8, 4) is 5.88 Å². The maximum Gasteiger partial charge on any atom is 0.411 e. The molecule has 0 unspecified atom stereocenters. The Morgan fingerprint density at radius 3 is 2.79 bits per heavy atom. The van der Waals surface area contributed by atoms with Crippen molar-refractivity contribution in [1.29, 1.82) is 0 Å². The highest BCUT2D eigenvalue weighted by atomic mass is 35.5. The summed E-state index contributed by atoms with van der Waals surface area (Å²) >= 11 is 6.27. The number of carbonyl (C=O) groups excluding carboxylic acids is 1. The zero-order valence-corrected chi connectivity index (χ0v) is 19.8. The summed E-state index contributed by atoms with van der Waals surface area (Å²) in [7, 11) is 1.55. The van der Waals surface area contributed by atoms with Crippen LogP contribution >= 0.6 is 11.6 Å². The van der Waals surface area contributed by atoms with Crippen molar-refractivity contribution in [2.45, 2.75) is 32.7 Å². The van der Waals surface area contributed by atoms with Gasteiger partial charge in [-0.2, -0.15) is 0 Å². The molecule has 0 radical (unpaired) electrons. The number of anilines is 3. The second kappa shape index (κ2) is 10.1. The number of aromatic nitrogens is 4. The van der Waals surface area contributed by atoms with Gasteiger partial charge in [0.2, 0.25) is 5.88 Å². The minimum atomic E-state index is -0.624. The maximum atomic E-state index is 13.3. The first kappa shape index (κ1) is 23.5. The fourth-order valence-electron chi connectivity index (χ4n) is 3.63. The Kier molecular flexibility index (Phi) is 6.97. The standard InChI is InChI=1S/C23H25ClN6O4/c1-13-9-17(14(2)26-21(13)33-3)28-20-22(31)30(11-19(24)29-20)18(15-6-7-15)12-34-23(32)27-16-5-4-8-25-10-16/h4-5,8-11,15,18H,6-7,12H2,1-3H3,(H,27,32)(H,28,29)/t18-/m0/s1. The van der Waals surface area contributed by atoms with Crippen LogP contribution in [-0.4, -0.2) is 39.3 Å². The molecule has 1 amide bonds. The number of nitrogens with one attached hydrogen (secondary N) is 2. The average molecular weight is 485 g/mol. The van der Waals surface area contributed by atoms with E-state index in [1.54, 1.807) is 32.4 Å². The number of hydrogen-bond donors (Lipinski definition) is 2. The van der Waals surface area contributed by atoms with Gasteiger partial charge in [0.15, 0.2) is 5.82 Å². The van der Waals surface area contributed by atoms with Crippen LogP contribution < -0.4 is 20.9 Å². The van der Waals surface area contributed by atoms with Crippen molar-refractivity contribution in [1.82, 2.24) is 19.5 Å². The summed E-state index contributed by atoms with van der Waals surface area (Å²) in [4.78, 5) is 38.1. The van der Waals surface area contributed by atoms with E-state index in [0.29, 0.717) is 22.9 Å². The lowest BCUT2D eigenvalue weighted by Gasteiger charge is -2.21. The van der Waals surface area contributed by atoms with Crippen LogP contribution in [0.5, 0.6) is 5.88 Å². The molecule has 1 fully saturated rings. The molecule has 0 bridgehead atoms. The van der Waals surface area contributed by atoms with Crippen molar-refractivity contribution >= 4 is 34.9 Å². The second-order valence-corrected chi connectivity index (χ2v) is 8.45. The van der Waals surface area contributed by atoms with Gasteiger partial charge in [0.05, 0.1) is 36.4 Å². The molecule has 4 rings (SSSR count). The molecule has 11 heteroatoms. The smallest absolute Gasteiger partial charge is 0.411 e. The second-order valence-electron chi connectivity index (χ2n) is 8.07. The number of amides is 1. The highest BCUT2D eigenvalue weighted by Crippen LogP contribution is 2.39. The average Bonchev–Trinajstić information content (AvgIpc) is 3.65. The Hall–Kier alpha value is -3.66. The molecule has 1 saturated carbocycles. The number of rotatable bonds is 8.